The number of aliphatic hydroxyl groups excluding tert-OH is 1. The van der Waals surface area contributed by atoms with E-state index >= 15 is 0 Å². The van der Waals surface area contributed by atoms with E-state index < -0.39 is 51.9 Å². The summed E-state index contributed by atoms with van der Waals surface area (Å²) < 4.78 is -0.796. The molecular formula is C13H18N3NaO6S. The van der Waals surface area contributed by atoms with E-state index in [1.807, 2.05) is 0 Å². The SMILES string of the molecule is CN(CC(N)=O)C(=O)[C@@H](O)[C@@H]1C(=O)N2[C@@H]1SC(C)(C)[C@@H]2C(=O)[O-].[Na+]. The molecule has 3 N–H and O–H groups in total. The van der Waals surface area contributed by atoms with Gasteiger partial charge in [0, 0.05) is 11.8 Å². The first-order chi connectivity index (χ1) is 10.5. The zero-order valence-corrected chi connectivity index (χ0v) is 16.7. The molecule has 0 spiro atoms. The summed E-state index contributed by atoms with van der Waals surface area (Å²) in [4.78, 5) is 48.5. The second kappa shape index (κ2) is 7.20. The van der Waals surface area contributed by atoms with Crippen LogP contribution >= 0.6 is 11.8 Å². The maximum atomic E-state index is 12.2. The molecule has 2 aliphatic heterocycles. The van der Waals surface area contributed by atoms with Gasteiger partial charge in [-0.1, -0.05) is 0 Å². The molecule has 24 heavy (non-hydrogen) atoms. The average Bonchev–Trinajstić information content (AvgIpc) is 2.65. The average molecular weight is 367 g/mol. The van der Waals surface area contributed by atoms with Crippen LogP contribution in [0.5, 0.6) is 0 Å². The molecular weight excluding hydrogens is 349 g/mol. The monoisotopic (exact) mass is 367 g/mol. The summed E-state index contributed by atoms with van der Waals surface area (Å²) >= 11 is 1.20. The van der Waals surface area contributed by atoms with Gasteiger partial charge in [-0.15, -0.1) is 11.8 Å². The Morgan fingerprint density at radius 1 is 1.46 bits per heavy atom. The fourth-order valence-electron chi connectivity index (χ4n) is 3.00. The first kappa shape index (κ1) is 21.2. The van der Waals surface area contributed by atoms with E-state index in [1.54, 1.807) is 13.8 Å². The standard InChI is InChI=1S/C13H19N3O6S.Na/c1-13(2)8(12(21)22)16-9(19)6(11(16)23-13)7(18)10(20)15(3)4-5(14)17;/h6-8,11,18H,4H2,1-3H3,(H2,14,17)(H,21,22);/q;+1/p-1/t6-,7+,8+,11-;/m1./s1. The van der Waals surface area contributed by atoms with Crippen molar-refractivity contribution in [2.24, 2.45) is 11.7 Å². The van der Waals surface area contributed by atoms with Gasteiger partial charge in [-0.05, 0) is 13.8 Å². The van der Waals surface area contributed by atoms with Crippen molar-refractivity contribution < 1.29 is 58.9 Å². The Balaban J connectivity index is 0.00000288. The maximum Gasteiger partial charge on any atom is 1.00 e. The van der Waals surface area contributed by atoms with Gasteiger partial charge in [0.25, 0.3) is 5.91 Å². The van der Waals surface area contributed by atoms with Crippen LogP contribution in [0.25, 0.3) is 0 Å². The summed E-state index contributed by atoms with van der Waals surface area (Å²) in [5.74, 6) is -4.59. The summed E-state index contributed by atoms with van der Waals surface area (Å²) in [5.41, 5.74) is 4.99. The number of amides is 3. The van der Waals surface area contributed by atoms with Crippen LogP contribution in [0.4, 0.5) is 0 Å². The van der Waals surface area contributed by atoms with Gasteiger partial charge >= 0.3 is 29.6 Å². The number of hydrogen-bond acceptors (Lipinski definition) is 7. The first-order valence-electron chi connectivity index (χ1n) is 6.91. The Bertz CT molecular complexity index is 586. The number of carbonyl (C=O) groups is 4. The topological polar surface area (TPSA) is 144 Å². The van der Waals surface area contributed by atoms with E-state index in [2.05, 4.69) is 0 Å². The third-order valence-corrected chi connectivity index (χ3v) is 5.66. The van der Waals surface area contributed by atoms with E-state index in [0.29, 0.717) is 0 Å². The molecule has 2 heterocycles. The number of nitrogens with zero attached hydrogens (tertiary/aromatic N) is 2. The molecule has 2 saturated heterocycles. The molecule has 0 radical (unpaired) electrons. The van der Waals surface area contributed by atoms with Crippen molar-refractivity contribution in [1.82, 2.24) is 9.80 Å². The minimum atomic E-state index is -1.66. The second-order valence-corrected chi connectivity index (χ2v) is 7.98. The van der Waals surface area contributed by atoms with Crippen molar-refractivity contribution in [1.29, 1.82) is 0 Å². The van der Waals surface area contributed by atoms with Crippen molar-refractivity contribution in [3.63, 3.8) is 0 Å². The number of carboxylic acids is 1. The van der Waals surface area contributed by atoms with Gasteiger partial charge in [0.15, 0.2) is 0 Å². The second-order valence-electron chi connectivity index (χ2n) is 6.21. The molecule has 11 heteroatoms. The number of β-lactam (4-membered cyclic amide) rings is 1. The van der Waals surface area contributed by atoms with E-state index in [9.17, 15) is 29.4 Å². The van der Waals surface area contributed by atoms with Crippen molar-refractivity contribution in [2.75, 3.05) is 13.6 Å². The summed E-state index contributed by atoms with van der Waals surface area (Å²) in [6, 6.07) is -1.12. The molecule has 0 aromatic carbocycles. The van der Waals surface area contributed by atoms with E-state index in [0.717, 1.165) is 9.80 Å². The molecule has 0 aliphatic carbocycles. The van der Waals surface area contributed by atoms with Crippen LogP contribution in [0.15, 0.2) is 0 Å². The molecule has 2 fully saturated rings. The zero-order chi connectivity index (χ0) is 17.7. The van der Waals surface area contributed by atoms with Crippen LogP contribution in [0, 0.1) is 5.92 Å². The summed E-state index contributed by atoms with van der Waals surface area (Å²) in [6.45, 7) is 2.94. The Morgan fingerprint density at radius 2 is 2.00 bits per heavy atom. The number of aliphatic hydroxyl groups is 1. The van der Waals surface area contributed by atoms with Crippen molar-refractivity contribution in [2.45, 2.75) is 36.1 Å². The van der Waals surface area contributed by atoms with E-state index in [1.165, 1.54) is 18.8 Å². The van der Waals surface area contributed by atoms with Gasteiger partial charge in [0.1, 0.15) is 12.0 Å². The number of carbonyl (C=O) groups excluding carboxylic acids is 4. The molecule has 0 aromatic heterocycles. The fraction of sp³-hybridized carbons (Fsp3) is 0.692. The smallest absolute Gasteiger partial charge is 0.548 e. The largest absolute Gasteiger partial charge is 1.00 e. The Kier molecular flexibility index (Phi) is 6.37. The Hall–Kier alpha value is -0.810. The van der Waals surface area contributed by atoms with Crippen LogP contribution in [0.3, 0.4) is 0 Å². The molecule has 3 amide bonds. The number of likely N-dealkylation sites (N-methyl/N-ethyl adjacent to an activating group) is 1. The van der Waals surface area contributed by atoms with Crippen LogP contribution in [-0.2, 0) is 19.2 Å². The number of hydrogen-bond donors (Lipinski definition) is 2. The fourth-order valence-corrected chi connectivity index (χ4v) is 4.72. The minimum absolute atomic E-state index is 0. The number of primary amides is 1. The van der Waals surface area contributed by atoms with Crippen LogP contribution in [-0.4, -0.2) is 74.5 Å². The minimum Gasteiger partial charge on any atom is -0.548 e. The summed E-state index contributed by atoms with van der Waals surface area (Å²) in [5, 5.41) is 20.8. The first-order valence-corrected chi connectivity index (χ1v) is 7.79. The van der Waals surface area contributed by atoms with Crippen LogP contribution < -0.4 is 40.4 Å². The van der Waals surface area contributed by atoms with Gasteiger partial charge in [0.05, 0.1) is 23.9 Å². The zero-order valence-electron chi connectivity index (χ0n) is 13.9. The van der Waals surface area contributed by atoms with Crippen LogP contribution in [0.2, 0.25) is 0 Å². The quantitative estimate of drug-likeness (QED) is 0.363. The molecule has 0 bridgehead atoms. The van der Waals surface area contributed by atoms with Gasteiger partial charge < -0.3 is 30.5 Å². The molecule has 4 atom stereocenters. The molecule has 2 aliphatic rings. The predicted octanol–water partition coefficient (Wildman–Crippen LogP) is -6.28. The Morgan fingerprint density at radius 3 is 2.46 bits per heavy atom. The van der Waals surface area contributed by atoms with Crippen molar-refractivity contribution in [3.05, 3.63) is 0 Å². The molecule has 2 rings (SSSR count). The van der Waals surface area contributed by atoms with Crippen molar-refractivity contribution >= 4 is 35.5 Å². The summed E-state index contributed by atoms with van der Waals surface area (Å²) in [7, 11) is 1.28. The van der Waals surface area contributed by atoms with Gasteiger partial charge in [-0.25, -0.2) is 0 Å². The summed E-state index contributed by atoms with van der Waals surface area (Å²) in [6.07, 6.45) is -1.66. The number of fused-ring (bicyclic) bond motifs is 1. The molecule has 9 nitrogen and oxygen atoms in total. The third-order valence-electron chi connectivity index (χ3n) is 4.07. The molecule has 0 aromatic rings. The number of rotatable bonds is 5. The predicted molar refractivity (Wildman–Crippen MR) is 77.4 cm³/mol. The van der Waals surface area contributed by atoms with Crippen molar-refractivity contribution in [3.8, 4) is 0 Å². The molecule has 0 saturated carbocycles. The maximum absolute atomic E-state index is 12.2. The number of nitrogens with two attached hydrogens (primary N) is 1. The number of carboxylic acid groups (broad SMARTS) is 1. The number of aliphatic carboxylic acids is 1. The van der Waals surface area contributed by atoms with Gasteiger partial charge in [-0.3, -0.25) is 14.4 Å². The third kappa shape index (κ3) is 3.43. The van der Waals surface area contributed by atoms with E-state index in [4.69, 9.17) is 5.73 Å². The Labute approximate surface area is 165 Å². The van der Waals surface area contributed by atoms with E-state index in [-0.39, 0.29) is 36.1 Å². The van der Waals surface area contributed by atoms with Crippen LogP contribution in [0.1, 0.15) is 13.8 Å². The molecule has 128 valence electrons. The van der Waals surface area contributed by atoms with Gasteiger partial charge in [0.2, 0.25) is 11.8 Å². The normalized spacial score (nSPS) is 28.2. The van der Waals surface area contributed by atoms with Gasteiger partial charge in [-0.2, -0.15) is 0 Å². The number of thioether (sulfide) groups is 1. The molecule has 0 unspecified atom stereocenters.